The third-order valence-electron chi connectivity index (χ3n) is 2.68. The van der Waals surface area contributed by atoms with Gasteiger partial charge in [0, 0.05) is 23.0 Å². The monoisotopic (exact) mass is 248 g/mol. The minimum absolute atomic E-state index is 0.00192. The zero-order chi connectivity index (χ0) is 14.3. The molecule has 2 nitrogen and oxygen atoms in total. The van der Waals surface area contributed by atoms with Crippen molar-refractivity contribution in [1.82, 2.24) is 0 Å². The van der Waals surface area contributed by atoms with Crippen LogP contribution >= 0.6 is 0 Å². The predicted molar refractivity (Wildman–Crippen MR) is 82.6 cm³/mol. The molecule has 0 aliphatic carbocycles. The van der Waals surface area contributed by atoms with Crippen molar-refractivity contribution in [2.75, 3.05) is 0 Å². The summed E-state index contributed by atoms with van der Waals surface area (Å²) in [4.78, 5) is 4.45. The fraction of sp³-hybridized carbons (Fsp3) is 0.562. The maximum absolute atomic E-state index is 5.96. The molecule has 0 radical (unpaired) electrons. The SMILES string of the molecule is C=C(N=CC(/C=C(/N)CCC)=C(C)C)C(C)(C)C. The molecule has 102 valence electrons. The zero-order valence-electron chi connectivity index (χ0n) is 12.8. The molecule has 0 aromatic heterocycles. The van der Waals surface area contributed by atoms with E-state index >= 15 is 0 Å². The molecule has 0 amide bonds. The second-order valence-corrected chi connectivity index (χ2v) is 5.88. The highest BCUT2D eigenvalue weighted by Crippen LogP contribution is 2.24. The molecule has 18 heavy (non-hydrogen) atoms. The number of allylic oxidation sites excluding steroid dienone is 5. The van der Waals surface area contributed by atoms with Gasteiger partial charge in [-0.2, -0.15) is 0 Å². The van der Waals surface area contributed by atoms with Gasteiger partial charge in [0.05, 0.1) is 0 Å². The first-order valence-electron chi connectivity index (χ1n) is 6.55. The van der Waals surface area contributed by atoms with Crippen LogP contribution in [0.1, 0.15) is 54.4 Å². The van der Waals surface area contributed by atoms with Crippen molar-refractivity contribution >= 4 is 6.21 Å². The topological polar surface area (TPSA) is 38.4 Å². The van der Waals surface area contributed by atoms with E-state index in [0.717, 1.165) is 29.8 Å². The Kier molecular flexibility index (Phi) is 6.67. The average molecular weight is 248 g/mol. The number of rotatable bonds is 5. The summed E-state index contributed by atoms with van der Waals surface area (Å²) in [5, 5.41) is 0. The van der Waals surface area contributed by atoms with Crippen molar-refractivity contribution in [2.45, 2.75) is 54.4 Å². The Morgan fingerprint density at radius 2 is 1.83 bits per heavy atom. The van der Waals surface area contributed by atoms with E-state index in [4.69, 9.17) is 5.73 Å². The van der Waals surface area contributed by atoms with Gasteiger partial charge >= 0.3 is 0 Å². The van der Waals surface area contributed by atoms with Crippen LogP contribution in [0, 0.1) is 5.41 Å². The van der Waals surface area contributed by atoms with Gasteiger partial charge in [0.15, 0.2) is 0 Å². The van der Waals surface area contributed by atoms with Gasteiger partial charge in [-0.1, -0.05) is 46.3 Å². The zero-order valence-corrected chi connectivity index (χ0v) is 12.8. The fourth-order valence-electron chi connectivity index (χ4n) is 1.21. The molecule has 0 aromatic rings. The number of aliphatic imine (C=N–C) groups is 1. The van der Waals surface area contributed by atoms with Crippen molar-refractivity contribution < 1.29 is 0 Å². The molecule has 0 spiro atoms. The maximum Gasteiger partial charge on any atom is 0.0385 e. The number of hydrogen-bond donors (Lipinski definition) is 1. The Morgan fingerprint density at radius 3 is 2.22 bits per heavy atom. The summed E-state index contributed by atoms with van der Waals surface area (Å²) >= 11 is 0. The van der Waals surface area contributed by atoms with Crippen molar-refractivity contribution in [3.8, 4) is 0 Å². The normalized spacial score (nSPS) is 12.9. The average Bonchev–Trinajstić information content (AvgIpc) is 2.22. The standard InChI is InChI=1S/C16H28N2/c1-8-9-15(17)10-14(12(2)3)11-18-13(4)16(5,6)7/h10-11H,4,8-9,17H2,1-3,5-7H3/b15-10+,18-11?. The van der Waals surface area contributed by atoms with Gasteiger partial charge in [-0.05, 0) is 31.9 Å². The molecular weight excluding hydrogens is 220 g/mol. The van der Waals surface area contributed by atoms with E-state index < -0.39 is 0 Å². The predicted octanol–water partition coefficient (Wildman–Crippen LogP) is 4.60. The van der Waals surface area contributed by atoms with Crippen molar-refractivity contribution in [1.29, 1.82) is 0 Å². The van der Waals surface area contributed by atoms with Gasteiger partial charge in [0.25, 0.3) is 0 Å². The molecule has 0 saturated heterocycles. The van der Waals surface area contributed by atoms with E-state index in [1.54, 1.807) is 0 Å². The molecule has 0 bridgehead atoms. The summed E-state index contributed by atoms with van der Waals surface area (Å²) in [5.74, 6) is 0. The number of hydrogen-bond acceptors (Lipinski definition) is 2. The molecule has 0 aliphatic rings. The van der Waals surface area contributed by atoms with Crippen LogP contribution in [-0.4, -0.2) is 6.21 Å². The number of nitrogens with zero attached hydrogens (tertiary/aromatic N) is 1. The summed E-state index contributed by atoms with van der Waals surface area (Å²) < 4.78 is 0. The van der Waals surface area contributed by atoms with Crippen LogP contribution < -0.4 is 5.73 Å². The van der Waals surface area contributed by atoms with Gasteiger partial charge < -0.3 is 5.73 Å². The van der Waals surface area contributed by atoms with Gasteiger partial charge in [-0.3, -0.25) is 4.99 Å². The van der Waals surface area contributed by atoms with Crippen LogP contribution in [0.4, 0.5) is 0 Å². The van der Waals surface area contributed by atoms with Crippen LogP contribution in [0.3, 0.4) is 0 Å². The Morgan fingerprint density at radius 1 is 1.28 bits per heavy atom. The lowest BCUT2D eigenvalue weighted by Crippen LogP contribution is -2.06. The second-order valence-electron chi connectivity index (χ2n) is 5.88. The molecule has 0 unspecified atom stereocenters. The van der Waals surface area contributed by atoms with Gasteiger partial charge in [0.1, 0.15) is 0 Å². The third-order valence-corrected chi connectivity index (χ3v) is 2.68. The van der Waals surface area contributed by atoms with Crippen LogP contribution in [0.5, 0.6) is 0 Å². The molecule has 2 N–H and O–H groups in total. The van der Waals surface area contributed by atoms with Crippen LogP contribution in [-0.2, 0) is 0 Å². The Hall–Kier alpha value is -1.31. The fourth-order valence-corrected chi connectivity index (χ4v) is 1.21. The second kappa shape index (κ2) is 7.20. The van der Waals surface area contributed by atoms with Crippen molar-refractivity contribution in [2.24, 2.45) is 16.1 Å². The molecule has 0 saturated carbocycles. The molecule has 0 aliphatic heterocycles. The summed E-state index contributed by atoms with van der Waals surface area (Å²) in [6.07, 6.45) is 5.86. The van der Waals surface area contributed by atoms with Crippen molar-refractivity contribution in [3.63, 3.8) is 0 Å². The summed E-state index contributed by atoms with van der Waals surface area (Å²) in [5.41, 5.74) is 10.0. The molecule has 0 aromatic carbocycles. The molecule has 2 heteroatoms. The van der Waals surface area contributed by atoms with Gasteiger partial charge in [-0.15, -0.1) is 0 Å². The largest absolute Gasteiger partial charge is 0.402 e. The van der Waals surface area contributed by atoms with E-state index in [2.05, 4.69) is 53.1 Å². The summed E-state index contributed by atoms with van der Waals surface area (Å²) in [6.45, 7) is 16.6. The Bertz CT molecular complexity index is 372. The van der Waals surface area contributed by atoms with E-state index in [1.807, 2.05) is 12.3 Å². The van der Waals surface area contributed by atoms with Crippen LogP contribution in [0.25, 0.3) is 0 Å². The van der Waals surface area contributed by atoms with Gasteiger partial charge in [-0.25, -0.2) is 0 Å². The van der Waals surface area contributed by atoms with Crippen LogP contribution in [0.15, 0.2) is 40.2 Å². The van der Waals surface area contributed by atoms with Crippen molar-refractivity contribution in [3.05, 3.63) is 35.2 Å². The highest BCUT2D eigenvalue weighted by atomic mass is 14.7. The lowest BCUT2D eigenvalue weighted by atomic mass is 9.93. The van der Waals surface area contributed by atoms with E-state index in [1.165, 1.54) is 5.57 Å². The first kappa shape index (κ1) is 16.7. The minimum atomic E-state index is 0.00192. The number of nitrogens with two attached hydrogens (primary N) is 1. The Balaban J connectivity index is 5.00. The molecule has 0 atom stereocenters. The Labute approximate surface area is 112 Å². The minimum Gasteiger partial charge on any atom is -0.402 e. The maximum atomic E-state index is 5.96. The summed E-state index contributed by atoms with van der Waals surface area (Å²) in [6, 6.07) is 0. The van der Waals surface area contributed by atoms with Crippen LogP contribution in [0.2, 0.25) is 0 Å². The van der Waals surface area contributed by atoms with E-state index in [-0.39, 0.29) is 5.41 Å². The highest BCUT2D eigenvalue weighted by molar-refractivity contribution is 5.84. The lowest BCUT2D eigenvalue weighted by Gasteiger charge is -2.17. The third kappa shape index (κ3) is 6.43. The van der Waals surface area contributed by atoms with Gasteiger partial charge in [0.2, 0.25) is 0 Å². The van der Waals surface area contributed by atoms with E-state index in [9.17, 15) is 0 Å². The molecule has 0 fully saturated rings. The highest BCUT2D eigenvalue weighted by Gasteiger charge is 2.13. The molecule has 0 rings (SSSR count). The molecule has 0 heterocycles. The first-order valence-corrected chi connectivity index (χ1v) is 6.55. The molecular formula is C16H28N2. The summed E-state index contributed by atoms with van der Waals surface area (Å²) in [7, 11) is 0. The lowest BCUT2D eigenvalue weighted by molar-refractivity contribution is 0.501. The smallest absolute Gasteiger partial charge is 0.0385 e. The first-order chi connectivity index (χ1) is 8.18. The quantitative estimate of drug-likeness (QED) is 0.560. The van der Waals surface area contributed by atoms with E-state index in [0.29, 0.717) is 0 Å².